The normalized spacial score (nSPS) is 16.0. The maximum atomic E-state index is 13.3. The molecular formula is C18H23N3O4S. The molecule has 3 rings (SSSR count). The number of aromatic nitrogens is 2. The Morgan fingerprint density at radius 3 is 2.35 bits per heavy atom. The molecule has 1 aliphatic carbocycles. The van der Waals surface area contributed by atoms with Gasteiger partial charge in [-0.1, -0.05) is 30.3 Å². The fraction of sp³-hybridized carbons (Fsp3) is 0.444. The Balaban J connectivity index is 2.10. The van der Waals surface area contributed by atoms with Crippen LogP contribution in [-0.4, -0.2) is 27.9 Å². The predicted octanol–water partition coefficient (Wildman–Crippen LogP) is 1.07. The molecule has 2 aromatic rings. The van der Waals surface area contributed by atoms with E-state index in [0.717, 1.165) is 33.7 Å². The van der Waals surface area contributed by atoms with Gasteiger partial charge >= 0.3 is 5.69 Å². The van der Waals surface area contributed by atoms with Crippen LogP contribution in [0.1, 0.15) is 25.3 Å². The van der Waals surface area contributed by atoms with Crippen LogP contribution in [-0.2, 0) is 30.7 Å². The van der Waals surface area contributed by atoms with Gasteiger partial charge in [-0.2, -0.15) is 4.31 Å². The molecule has 140 valence electrons. The van der Waals surface area contributed by atoms with Crippen LogP contribution in [0.4, 0.5) is 0 Å². The van der Waals surface area contributed by atoms with Gasteiger partial charge in [-0.05, 0) is 31.2 Å². The molecule has 1 heterocycles. The molecule has 0 amide bonds. The van der Waals surface area contributed by atoms with Gasteiger partial charge in [0.2, 0.25) is 0 Å². The summed E-state index contributed by atoms with van der Waals surface area (Å²) in [5.74, 6) is 0.296. The van der Waals surface area contributed by atoms with Gasteiger partial charge in [0.25, 0.3) is 15.6 Å². The second kappa shape index (κ2) is 6.85. The summed E-state index contributed by atoms with van der Waals surface area (Å²) in [5, 5.41) is 0. The highest BCUT2D eigenvalue weighted by molar-refractivity contribution is 7.89. The maximum Gasteiger partial charge on any atom is 0.330 e. The highest BCUT2D eigenvalue weighted by atomic mass is 32.2. The standard InChI is InChI=1S/C18H23N3O4S/c1-13(15-9-10-15)21(11-14-7-5-4-6-8-14)26(24,25)16-12-19(2)18(23)20(3)17(16)22/h4-8,12-13,15H,9-11H2,1-3H3/t13-/m0/s1. The number of aryl methyl sites for hydroxylation is 1. The number of sulfonamides is 1. The van der Waals surface area contributed by atoms with Crippen LogP contribution >= 0.6 is 0 Å². The minimum Gasteiger partial charge on any atom is -0.302 e. The first-order valence-corrected chi connectivity index (χ1v) is 10.00. The first kappa shape index (κ1) is 18.6. The number of hydrogen-bond acceptors (Lipinski definition) is 4. The van der Waals surface area contributed by atoms with Crippen LogP contribution in [0.25, 0.3) is 0 Å². The highest BCUT2D eigenvalue weighted by Crippen LogP contribution is 2.37. The Bertz CT molecular complexity index is 1020. The van der Waals surface area contributed by atoms with E-state index in [-0.39, 0.29) is 17.5 Å². The largest absolute Gasteiger partial charge is 0.330 e. The second-order valence-electron chi connectivity index (χ2n) is 6.86. The van der Waals surface area contributed by atoms with Crippen LogP contribution in [0.3, 0.4) is 0 Å². The van der Waals surface area contributed by atoms with Gasteiger partial charge in [-0.25, -0.2) is 13.2 Å². The Kier molecular flexibility index (Phi) is 4.90. The Morgan fingerprint density at radius 1 is 1.15 bits per heavy atom. The van der Waals surface area contributed by atoms with Crippen molar-refractivity contribution < 1.29 is 8.42 Å². The number of hydrogen-bond donors (Lipinski definition) is 0. The van der Waals surface area contributed by atoms with Crippen LogP contribution in [0, 0.1) is 5.92 Å². The smallest absolute Gasteiger partial charge is 0.302 e. The fourth-order valence-corrected chi connectivity index (χ4v) is 4.93. The predicted molar refractivity (Wildman–Crippen MR) is 98.3 cm³/mol. The molecule has 0 saturated heterocycles. The fourth-order valence-electron chi connectivity index (χ4n) is 3.10. The molecule has 1 saturated carbocycles. The van der Waals surface area contributed by atoms with E-state index in [0.29, 0.717) is 5.92 Å². The molecule has 0 spiro atoms. The SMILES string of the molecule is C[C@@H](C1CC1)N(Cc1ccccc1)S(=O)(=O)c1cn(C)c(=O)n(C)c1=O. The van der Waals surface area contributed by atoms with E-state index in [1.54, 1.807) is 0 Å². The third-order valence-electron chi connectivity index (χ3n) is 4.94. The monoisotopic (exact) mass is 377 g/mol. The lowest BCUT2D eigenvalue weighted by molar-refractivity contribution is 0.302. The van der Waals surface area contributed by atoms with E-state index in [4.69, 9.17) is 0 Å². The van der Waals surface area contributed by atoms with E-state index < -0.39 is 21.3 Å². The summed E-state index contributed by atoms with van der Waals surface area (Å²) in [7, 11) is -1.33. The van der Waals surface area contributed by atoms with E-state index in [9.17, 15) is 18.0 Å². The summed E-state index contributed by atoms with van der Waals surface area (Å²) in [6.07, 6.45) is 3.08. The Labute approximate surface area is 152 Å². The van der Waals surface area contributed by atoms with E-state index in [1.807, 2.05) is 37.3 Å². The molecule has 0 N–H and O–H groups in total. The molecule has 1 aromatic heterocycles. The minimum atomic E-state index is -4.06. The lowest BCUT2D eigenvalue weighted by atomic mass is 10.2. The quantitative estimate of drug-likeness (QED) is 0.754. The van der Waals surface area contributed by atoms with Crippen LogP contribution in [0.15, 0.2) is 51.0 Å². The Morgan fingerprint density at radius 2 is 1.77 bits per heavy atom. The van der Waals surface area contributed by atoms with Crippen molar-refractivity contribution in [2.75, 3.05) is 0 Å². The first-order valence-electron chi connectivity index (χ1n) is 8.56. The molecule has 1 fully saturated rings. The average molecular weight is 377 g/mol. The summed E-state index contributed by atoms with van der Waals surface area (Å²) in [5.41, 5.74) is -0.502. The van der Waals surface area contributed by atoms with Crippen molar-refractivity contribution in [3.05, 3.63) is 62.9 Å². The van der Waals surface area contributed by atoms with Crippen molar-refractivity contribution in [1.29, 1.82) is 0 Å². The number of nitrogens with zero attached hydrogens (tertiary/aromatic N) is 3. The van der Waals surface area contributed by atoms with Crippen molar-refractivity contribution in [3.8, 4) is 0 Å². The summed E-state index contributed by atoms with van der Waals surface area (Å²) >= 11 is 0. The van der Waals surface area contributed by atoms with Gasteiger partial charge < -0.3 is 4.57 Å². The van der Waals surface area contributed by atoms with Gasteiger partial charge in [-0.3, -0.25) is 9.36 Å². The van der Waals surface area contributed by atoms with E-state index in [2.05, 4.69) is 0 Å². The molecule has 1 aromatic carbocycles. The summed E-state index contributed by atoms with van der Waals surface area (Å²) in [6.45, 7) is 2.07. The molecule has 0 aliphatic heterocycles. The molecule has 1 atom stereocenters. The third kappa shape index (κ3) is 3.39. The van der Waals surface area contributed by atoms with Gasteiger partial charge in [0.15, 0.2) is 4.90 Å². The first-order chi connectivity index (χ1) is 12.2. The zero-order valence-electron chi connectivity index (χ0n) is 15.1. The zero-order chi connectivity index (χ0) is 19.1. The molecule has 0 radical (unpaired) electrons. The van der Waals surface area contributed by atoms with Crippen molar-refractivity contribution >= 4 is 10.0 Å². The summed E-state index contributed by atoms with van der Waals surface area (Å²) < 4.78 is 30.0. The summed E-state index contributed by atoms with van der Waals surface area (Å²) in [4.78, 5) is 24.0. The van der Waals surface area contributed by atoms with Gasteiger partial charge in [0.05, 0.1) is 0 Å². The zero-order valence-corrected chi connectivity index (χ0v) is 15.9. The molecule has 0 bridgehead atoms. The van der Waals surface area contributed by atoms with E-state index >= 15 is 0 Å². The highest BCUT2D eigenvalue weighted by Gasteiger charge is 2.39. The Hall–Kier alpha value is -2.19. The van der Waals surface area contributed by atoms with Crippen LogP contribution < -0.4 is 11.2 Å². The lowest BCUT2D eigenvalue weighted by Gasteiger charge is -2.28. The minimum absolute atomic E-state index is 0.187. The third-order valence-corrected chi connectivity index (χ3v) is 6.86. The van der Waals surface area contributed by atoms with Gasteiger partial charge in [-0.15, -0.1) is 0 Å². The number of benzene rings is 1. The molecular weight excluding hydrogens is 354 g/mol. The van der Waals surface area contributed by atoms with E-state index in [1.165, 1.54) is 18.4 Å². The van der Waals surface area contributed by atoms with Crippen molar-refractivity contribution in [1.82, 2.24) is 13.4 Å². The second-order valence-corrected chi connectivity index (χ2v) is 8.72. The molecule has 26 heavy (non-hydrogen) atoms. The molecule has 0 unspecified atom stereocenters. The molecule has 7 nitrogen and oxygen atoms in total. The van der Waals surface area contributed by atoms with Crippen molar-refractivity contribution in [2.24, 2.45) is 20.0 Å². The topological polar surface area (TPSA) is 81.4 Å². The van der Waals surface area contributed by atoms with Crippen molar-refractivity contribution in [2.45, 2.75) is 37.2 Å². The number of rotatable bonds is 6. The van der Waals surface area contributed by atoms with Gasteiger partial charge in [0.1, 0.15) is 0 Å². The van der Waals surface area contributed by atoms with Crippen LogP contribution in [0.2, 0.25) is 0 Å². The summed E-state index contributed by atoms with van der Waals surface area (Å²) in [6, 6.07) is 9.08. The average Bonchev–Trinajstić information content (AvgIpc) is 3.46. The lowest BCUT2D eigenvalue weighted by Crippen LogP contribution is -2.45. The van der Waals surface area contributed by atoms with Gasteiger partial charge in [0, 0.05) is 32.9 Å². The van der Waals surface area contributed by atoms with Crippen LogP contribution in [0.5, 0.6) is 0 Å². The molecule has 1 aliphatic rings. The van der Waals surface area contributed by atoms with Crippen molar-refractivity contribution in [3.63, 3.8) is 0 Å². The maximum absolute atomic E-state index is 13.3. The molecule has 8 heteroatoms.